The molecule has 0 saturated heterocycles. The molecule has 106 valence electrons. The van der Waals surface area contributed by atoms with Gasteiger partial charge in [-0.1, -0.05) is 18.2 Å². The van der Waals surface area contributed by atoms with Gasteiger partial charge in [0.25, 0.3) is 0 Å². The van der Waals surface area contributed by atoms with Crippen LogP contribution in [0.5, 0.6) is 5.75 Å². The normalized spacial score (nSPS) is 20.5. The van der Waals surface area contributed by atoms with Gasteiger partial charge >= 0.3 is 6.18 Å². The summed E-state index contributed by atoms with van der Waals surface area (Å²) < 4.78 is 43.0. The molecule has 0 amide bonds. The van der Waals surface area contributed by atoms with Crippen LogP contribution in [0.4, 0.5) is 13.2 Å². The minimum Gasteiger partial charge on any atom is -0.493 e. The van der Waals surface area contributed by atoms with Gasteiger partial charge in [-0.15, -0.1) is 0 Å². The van der Waals surface area contributed by atoms with E-state index in [-0.39, 0.29) is 5.92 Å². The third-order valence-electron chi connectivity index (χ3n) is 3.54. The topological polar surface area (TPSA) is 21.3 Å². The lowest BCUT2D eigenvalue weighted by atomic mass is 9.86. The SMILES string of the molecule is CNC(CC1CCOc2ccccc21)CC(F)(F)F. The third-order valence-corrected chi connectivity index (χ3v) is 3.54. The molecule has 1 aromatic rings. The van der Waals surface area contributed by atoms with Crippen molar-refractivity contribution in [1.29, 1.82) is 0 Å². The van der Waals surface area contributed by atoms with Crippen molar-refractivity contribution in [1.82, 2.24) is 5.32 Å². The van der Waals surface area contributed by atoms with E-state index >= 15 is 0 Å². The number of benzene rings is 1. The van der Waals surface area contributed by atoms with E-state index in [1.54, 1.807) is 7.05 Å². The highest BCUT2D eigenvalue weighted by atomic mass is 19.4. The molecule has 0 aromatic heterocycles. The lowest BCUT2D eigenvalue weighted by Gasteiger charge is -2.29. The van der Waals surface area contributed by atoms with E-state index in [0.29, 0.717) is 13.0 Å². The molecule has 2 atom stereocenters. The number of fused-ring (bicyclic) bond motifs is 1. The Morgan fingerprint density at radius 3 is 2.79 bits per heavy atom. The van der Waals surface area contributed by atoms with Crippen molar-refractivity contribution < 1.29 is 17.9 Å². The molecule has 1 aliphatic rings. The van der Waals surface area contributed by atoms with Gasteiger partial charge in [0.05, 0.1) is 13.0 Å². The largest absolute Gasteiger partial charge is 0.493 e. The fourth-order valence-electron chi connectivity index (χ4n) is 2.59. The Morgan fingerprint density at radius 1 is 1.37 bits per heavy atom. The fourth-order valence-corrected chi connectivity index (χ4v) is 2.59. The van der Waals surface area contributed by atoms with Crippen LogP contribution in [-0.4, -0.2) is 25.9 Å². The van der Waals surface area contributed by atoms with E-state index < -0.39 is 18.6 Å². The first kappa shape index (κ1) is 14.2. The van der Waals surface area contributed by atoms with E-state index in [1.807, 2.05) is 24.3 Å². The van der Waals surface area contributed by atoms with Crippen LogP contribution in [0.3, 0.4) is 0 Å². The summed E-state index contributed by atoms with van der Waals surface area (Å²) in [4.78, 5) is 0. The van der Waals surface area contributed by atoms with Crippen LogP contribution in [0.2, 0.25) is 0 Å². The van der Waals surface area contributed by atoms with Gasteiger partial charge in [0.15, 0.2) is 0 Å². The van der Waals surface area contributed by atoms with Crippen molar-refractivity contribution in [2.45, 2.75) is 37.4 Å². The molecule has 2 rings (SSSR count). The van der Waals surface area contributed by atoms with Crippen molar-refractivity contribution in [3.8, 4) is 5.75 Å². The van der Waals surface area contributed by atoms with E-state index in [0.717, 1.165) is 17.7 Å². The van der Waals surface area contributed by atoms with Crippen LogP contribution in [-0.2, 0) is 0 Å². The summed E-state index contributed by atoms with van der Waals surface area (Å²) in [5, 5.41) is 2.78. The summed E-state index contributed by atoms with van der Waals surface area (Å²) in [7, 11) is 1.58. The Kier molecular flexibility index (Phi) is 4.34. The standard InChI is InChI=1S/C14H18F3NO/c1-18-11(9-14(15,16)17)8-10-6-7-19-13-5-3-2-4-12(10)13/h2-5,10-11,18H,6-9H2,1H3. The van der Waals surface area contributed by atoms with Gasteiger partial charge in [0.1, 0.15) is 5.75 Å². The number of rotatable bonds is 4. The van der Waals surface area contributed by atoms with Crippen molar-refractivity contribution >= 4 is 0 Å². The number of hydrogen-bond acceptors (Lipinski definition) is 2. The van der Waals surface area contributed by atoms with Gasteiger partial charge in [-0.2, -0.15) is 13.2 Å². The van der Waals surface area contributed by atoms with Gasteiger partial charge in [-0.3, -0.25) is 0 Å². The monoisotopic (exact) mass is 273 g/mol. The quantitative estimate of drug-likeness (QED) is 0.906. The van der Waals surface area contributed by atoms with Gasteiger partial charge in [0, 0.05) is 6.04 Å². The van der Waals surface area contributed by atoms with Crippen molar-refractivity contribution in [3.05, 3.63) is 29.8 Å². The molecular formula is C14H18F3NO. The van der Waals surface area contributed by atoms with Crippen LogP contribution in [0.25, 0.3) is 0 Å². The molecule has 19 heavy (non-hydrogen) atoms. The smallest absolute Gasteiger partial charge is 0.390 e. The first-order valence-corrected chi connectivity index (χ1v) is 6.45. The van der Waals surface area contributed by atoms with Crippen LogP contribution in [0.1, 0.15) is 30.7 Å². The molecule has 2 unspecified atom stereocenters. The third kappa shape index (κ3) is 3.86. The Hall–Kier alpha value is -1.23. The summed E-state index contributed by atoms with van der Waals surface area (Å²) in [6.07, 6.45) is -3.66. The minimum atomic E-state index is -4.13. The lowest BCUT2D eigenvalue weighted by molar-refractivity contribution is -0.140. The first-order chi connectivity index (χ1) is 8.99. The summed E-state index contributed by atoms with van der Waals surface area (Å²) in [5.41, 5.74) is 1.02. The molecule has 1 aromatic carbocycles. The molecule has 0 spiro atoms. The molecule has 5 heteroatoms. The summed E-state index contributed by atoms with van der Waals surface area (Å²) >= 11 is 0. The number of para-hydroxylation sites is 1. The molecule has 0 saturated carbocycles. The second kappa shape index (κ2) is 5.82. The maximum atomic E-state index is 12.5. The molecule has 0 bridgehead atoms. The van der Waals surface area contributed by atoms with Crippen LogP contribution in [0.15, 0.2) is 24.3 Å². The molecule has 2 nitrogen and oxygen atoms in total. The Balaban J connectivity index is 2.07. The van der Waals surface area contributed by atoms with Crippen molar-refractivity contribution in [2.75, 3.05) is 13.7 Å². The number of halogens is 3. The second-order valence-corrected chi connectivity index (χ2v) is 4.91. The maximum Gasteiger partial charge on any atom is 0.390 e. The number of ether oxygens (including phenoxy) is 1. The van der Waals surface area contributed by atoms with E-state index in [4.69, 9.17) is 4.74 Å². The average Bonchev–Trinajstić information content (AvgIpc) is 2.37. The highest BCUT2D eigenvalue weighted by Crippen LogP contribution is 2.37. The van der Waals surface area contributed by atoms with Gasteiger partial charge in [-0.25, -0.2) is 0 Å². The Morgan fingerprint density at radius 2 is 2.11 bits per heavy atom. The lowest BCUT2D eigenvalue weighted by Crippen LogP contribution is -2.33. The van der Waals surface area contributed by atoms with E-state index in [9.17, 15) is 13.2 Å². The Labute approximate surface area is 111 Å². The fraction of sp³-hybridized carbons (Fsp3) is 0.571. The predicted octanol–water partition coefficient (Wildman–Crippen LogP) is 3.48. The summed E-state index contributed by atoms with van der Waals surface area (Å²) in [5.74, 6) is 0.936. The molecule has 1 N–H and O–H groups in total. The van der Waals surface area contributed by atoms with Gasteiger partial charge in [0.2, 0.25) is 0 Å². The molecule has 0 aliphatic carbocycles. The van der Waals surface area contributed by atoms with Crippen LogP contribution >= 0.6 is 0 Å². The highest BCUT2D eigenvalue weighted by molar-refractivity contribution is 5.37. The van der Waals surface area contributed by atoms with Crippen molar-refractivity contribution in [3.63, 3.8) is 0 Å². The van der Waals surface area contributed by atoms with Gasteiger partial charge in [-0.05, 0) is 37.4 Å². The molecule has 1 aliphatic heterocycles. The zero-order valence-electron chi connectivity index (χ0n) is 10.8. The number of alkyl halides is 3. The number of nitrogens with one attached hydrogen (secondary N) is 1. The van der Waals surface area contributed by atoms with Crippen molar-refractivity contribution in [2.24, 2.45) is 0 Å². The minimum absolute atomic E-state index is 0.129. The maximum absolute atomic E-state index is 12.5. The highest BCUT2D eigenvalue weighted by Gasteiger charge is 2.33. The first-order valence-electron chi connectivity index (χ1n) is 6.45. The van der Waals surface area contributed by atoms with Gasteiger partial charge < -0.3 is 10.1 Å². The van der Waals surface area contributed by atoms with E-state index in [1.165, 1.54) is 0 Å². The average molecular weight is 273 g/mol. The second-order valence-electron chi connectivity index (χ2n) is 4.91. The molecule has 1 heterocycles. The number of hydrogen-bond donors (Lipinski definition) is 1. The molecule has 0 radical (unpaired) electrons. The zero-order valence-corrected chi connectivity index (χ0v) is 10.8. The molecule has 0 fully saturated rings. The zero-order chi connectivity index (χ0) is 13.9. The Bertz CT molecular complexity index is 419. The predicted molar refractivity (Wildman–Crippen MR) is 67.4 cm³/mol. The van der Waals surface area contributed by atoms with Crippen LogP contribution in [0, 0.1) is 0 Å². The van der Waals surface area contributed by atoms with Crippen LogP contribution < -0.4 is 10.1 Å². The summed E-state index contributed by atoms with van der Waals surface area (Å²) in [6.45, 7) is 0.574. The van der Waals surface area contributed by atoms with E-state index in [2.05, 4.69) is 5.32 Å². The molecular weight excluding hydrogens is 255 g/mol. The summed E-state index contributed by atoms with van der Waals surface area (Å²) in [6, 6.07) is 7.06.